The number of carboxylic acid groups (broad SMARTS) is 1. The van der Waals surface area contributed by atoms with Crippen LogP contribution in [-0.4, -0.2) is 35.1 Å². The molecule has 0 fully saturated rings. The van der Waals surface area contributed by atoms with Crippen LogP contribution >= 0.6 is 0 Å². The van der Waals surface area contributed by atoms with Gasteiger partial charge in [0.1, 0.15) is 0 Å². The molecule has 0 aliphatic carbocycles. The van der Waals surface area contributed by atoms with Gasteiger partial charge in [-0.3, -0.25) is 0 Å². The summed E-state index contributed by atoms with van der Waals surface area (Å²) < 4.78 is 0. The summed E-state index contributed by atoms with van der Waals surface area (Å²) in [5.74, 6) is -0.984. The number of likely N-dealkylation sites (N-methyl/N-ethyl adjacent to an activating group) is 1. The number of hydrogen-bond donors (Lipinski definition) is 2. The summed E-state index contributed by atoms with van der Waals surface area (Å²) in [5.41, 5.74) is 1.52. The molecule has 0 aliphatic heterocycles. The maximum atomic E-state index is 12.0. The molecule has 0 unspecified atom stereocenters. The summed E-state index contributed by atoms with van der Waals surface area (Å²) in [6.07, 6.45) is 1.66. The van der Waals surface area contributed by atoms with Gasteiger partial charge in [-0.25, -0.2) is 9.59 Å². The average Bonchev–Trinajstić information content (AvgIpc) is 2.37. The van der Waals surface area contributed by atoms with Gasteiger partial charge < -0.3 is 15.3 Å². The van der Waals surface area contributed by atoms with E-state index in [1.807, 2.05) is 6.92 Å². The molecule has 102 valence electrons. The number of carbonyl (C=O) groups excluding carboxylic acids is 1. The first-order chi connectivity index (χ1) is 8.99. The lowest BCUT2D eigenvalue weighted by Gasteiger charge is -2.20. The Hall–Kier alpha value is -2.30. The van der Waals surface area contributed by atoms with E-state index in [1.54, 1.807) is 24.0 Å². The summed E-state index contributed by atoms with van der Waals surface area (Å²) >= 11 is 0. The van der Waals surface area contributed by atoms with Crippen molar-refractivity contribution in [3.05, 3.63) is 42.0 Å². The Labute approximate surface area is 112 Å². The zero-order valence-corrected chi connectivity index (χ0v) is 11.1. The number of urea groups is 1. The highest BCUT2D eigenvalue weighted by Gasteiger charge is 2.12. The average molecular weight is 262 g/mol. The Morgan fingerprint density at radius 2 is 2.16 bits per heavy atom. The van der Waals surface area contributed by atoms with Crippen LogP contribution in [0.5, 0.6) is 0 Å². The first kappa shape index (κ1) is 14.8. The number of anilines is 1. The van der Waals surface area contributed by atoms with Crippen molar-refractivity contribution < 1.29 is 14.7 Å². The van der Waals surface area contributed by atoms with Crippen LogP contribution in [0.15, 0.2) is 30.9 Å². The summed E-state index contributed by atoms with van der Waals surface area (Å²) in [4.78, 5) is 24.4. The molecule has 0 bridgehead atoms. The maximum absolute atomic E-state index is 12.0. The molecule has 0 heterocycles. The number of carboxylic acids is 1. The van der Waals surface area contributed by atoms with Gasteiger partial charge in [0.05, 0.1) is 5.56 Å². The van der Waals surface area contributed by atoms with Crippen molar-refractivity contribution in [2.45, 2.75) is 13.8 Å². The molecule has 0 aromatic heterocycles. The van der Waals surface area contributed by atoms with Crippen LogP contribution < -0.4 is 5.32 Å². The maximum Gasteiger partial charge on any atom is 0.335 e. The fourth-order valence-electron chi connectivity index (χ4n) is 1.64. The first-order valence-corrected chi connectivity index (χ1v) is 6.00. The van der Waals surface area contributed by atoms with Crippen LogP contribution in [-0.2, 0) is 0 Å². The Morgan fingerprint density at radius 1 is 1.47 bits per heavy atom. The highest BCUT2D eigenvalue weighted by molar-refractivity contribution is 5.92. The van der Waals surface area contributed by atoms with Crippen molar-refractivity contribution in [1.82, 2.24) is 4.90 Å². The molecule has 0 saturated heterocycles. The summed E-state index contributed by atoms with van der Waals surface area (Å²) in [7, 11) is 0. The fraction of sp³-hybridized carbons (Fsp3) is 0.286. The second kappa shape index (κ2) is 6.58. The highest BCUT2D eigenvalue weighted by atomic mass is 16.4. The van der Waals surface area contributed by atoms with Crippen LogP contribution in [0.3, 0.4) is 0 Å². The van der Waals surface area contributed by atoms with Crippen LogP contribution in [0.4, 0.5) is 10.5 Å². The third-order valence-corrected chi connectivity index (χ3v) is 2.73. The van der Waals surface area contributed by atoms with Gasteiger partial charge in [0.25, 0.3) is 0 Å². The Kier molecular flexibility index (Phi) is 5.11. The highest BCUT2D eigenvalue weighted by Crippen LogP contribution is 2.17. The van der Waals surface area contributed by atoms with Gasteiger partial charge in [0.2, 0.25) is 0 Å². The largest absolute Gasteiger partial charge is 0.478 e. The molecule has 0 aliphatic rings. The van der Waals surface area contributed by atoms with Gasteiger partial charge in [-0.2, -0.15) is 0 Å². The number of hydrogen-bond acceptors (Lipinski definition) is 2. The van der Waals surface area contributed by atoms with Crippen molar-refractivity contribution in [1.29, 1.82) is 0 Å². The van der Waals surface area contributed by atoms with Crippen LogP contribution in [0.25, 0.3) is 0 Å². The van der Waals surface area contributed by atoms with E-state index in [4.69, 9.17) is 5.11 Å². The molecular formula is C14H18N2O3. The predicted molar refractivity (Wildman–Crippen MR) is 74.6 cm³/mol. The molecule has 0 atom stereocenters. The minimum absolute atomic E-state index is 0.203. The van der Waals surface area contributed by atoms with Gasteiger partial charge in [-0.05, 0) is 37.6 Å². The Balaban J connectivity index is 2.85. The van der Waals surface area contributed by atoms with E-state index in [0.717, 1.165) is 0 Å². The van der Waals surface area contributed by atoms with Crippen molar-refractivity contribution in [3.8, 4) is 0 Å². The Morgan fingerprint density at radius 3 is 2.63 bits per heavy atom. The zero-order chi connectivity index (χ0) is 14.4. The molecule has 5 heteroatoms. The van der Waals surface area contributed by atoms with E-state index in [1.165, 1.54) is 12.1 Å². The quantitative estimate of drug-likeness (QED) is 0.801. The molecule has 0 spiro atoms. The zero-order valence-electron chi connectivity index (χ0n) is 11.1. The third kappa shape index (κ3) is 3.84. The van der Waals surface area contributed by atoms with E-state index < -0.39 is 5.97 Å². The minimum Gasteiger partial charge on any atom is -0.478 e. The topological polar surface area (TPSA) is 69.6 Å². The molecule has 2 N–H and O–H groups in total. The lowest BCUT2D eigenvalue weighted by Crippen LogP contribution is -2.35. The lowest BCUT2D eigenvalue weighted by molar-refractivity contribution is 0.0697. The summed E-state index contributed by atoms with van der Waals surface area (Å²) in [5, 5.41) is 11.6. The number of aryl methyl sites for hydroxylation is 1. The molecule has 19 heavy (non-hydrogen) atoms. The molecule has 2 amide bonds. The lowest BCUT2D eigenvalue weighted by atomic mass is 10.1. The molecule has 1 aromatic carbocycles. The van der Waals surface area contributed by atoms with Gasteiger partial charge in [0.15, 0.2) is 0 Å². The van der Waals surface area contributed by atoms with Gasteiger partial charge >= 0.3 is 12.0 Å². The van der Waals surface area contributed by atoms with Crippen LogP contribution in [0.2, 0.25) is 0 Å². The van der Waals surface area contributed by atoms with Crippen LogP contribution in [0, 0.1) is 6.92 Å². The van der Waals surface area contributed by atoms with Gasteiger partial charge in [0, 0.05) is 18.8 Å². The molecule has 0 radical (unpaired) electrons. The van der Waals surface area contributed by atoms with Crippen LogP contribution in [0.1, 0.15) is 22.8 Å². The fourth-order valence-corrected chi connectivity index (χ4v) is 1.64. The number of nitrogens with zero attached hydrogens (tertiary/aromatic N) is 1. The summed E-state index contributed by atoms with van der Waals surface area (Å²) in [6.45, 7) is 8.27. The van der Waals surface area contributed by atoms with Gasteiger partial charge in [-0.15, -0.1) is 6.58 Å². The number of rotatable bonds is 5. The SMILES string of the molecule is C=CCN(CC)C(=O)Nc1ccc(C(=O)O)cc1C. The van der Waals surface area contributed by atoms with Crippen molar-refractivity contribution in [2.75, 3.05) is 18.4 Å². The number of aromatic carboxylic acids is 1. The standard InChI is InChI=1S/C14H18N2O3/c1-4-8-16(5-2)14(19)15-12-7-6-11(13(17)18)9-10(12)3/h4,6-7,9H,1,5,8H2,2-3H3,(H,15,19)(H,17,18). The van der Waals surface area contributed by atoms with Crippen molar-refractivity contribution in [3.63, 3.8) is 0 Å². The second-order valence-corrected chi connectivity index (χ2v) is 4.09. The molecular weight excluding hydrogens is 244 g/mol. The van der Waals surface area contributed by atoms with Crippen molar-refractivity contribution in [2.24, 2.45) is 0 Å². The smallest absolute Gasteiger partial charge is 0.335 e. The third-order valence-electron chi connectivity index (χ3n) is 2.73. The van der Waals surface area contributed by atoms with Crippen molar-refractivity contribution >= 4 is 17.7 Å². The monoisotopic (exact) mass is 262 g/mol. The first-order valence-electron chi connectivity index (χ1n) is 6.00. The van der Waals surface area contributed by atoms with E-state index in [2.05, 4.69) is 11.9 Å². The number of carbonyl (C=O) groups is 2. The molecule has 1 rings (SSSR count). The summed E-state index contributed by atoms with van der Waals surface area (Å²) in [6, 6.07) is 4.36. The number of amides is 2. The predicted octanol–water partition coefficient (Wildman–Crippen LogP) is 2.73. The normalized spacial score (nSPS) is 9.79. The Bertz CT molecular complexity index is 497. The van der Waals surface area contributed by atoms with Gasteiger partial charge in [-0.1, -0.05) is 6.08 Å². The molecule has 1 aromatic rings. The van der Waals surface area contributed by atoms with E-state index in [-0.39, 0.29) is 11.6 Å². The molecule has 0 saturated carbocycles. The molecule has 5 nitrogen and oxygen atoms in total. The minimum atomic E-state index is -0.984. The second-order valence-electron chi connectivity index (χ2n) is 4.09. The van der Waals surface area contributed by atoms with E-state index in [9.17, 15) is 9.59 Å². The number of benzene rings is 1. The number of nitrogens with one attached hydrogen (secondary N) is 1. The van der Waals surface area contributed by atoms with E-state index in [0.29, 0.717) is 24.3 Å². The van der Waals surface area contributed by atoms with E-state index >= 15 is 0 Å².